The Morgan fingerprint density at radius 2 is 1.70 bits per heavy atom. The molecule has 0 bridgehead atoms. The van der Waals surface area contributed by atoms with Crippen LogP contribution in [0.1, 0.15) is 38.2 Å². The van der Waals surface area contributed by atoms with Gasteiger partial charge >= 0.3 is 5.97 Å². The first-order valence-corrected chi connectivity index (χ1v) is 8.39. The Kier molecular flexibility index (Phi) is 6.48. The van der Waals surface area contributed by atoms with Gasteiger partial charge in [0.15, 0.2) is 0 Å². The summed E-state index contributed by atoms with van der Waals surface area (Å²) in [7, 11) is 0. The van der Waals surface area contributed by atoms with Crippen LogP contribution in [0.5, 0.6) is 0 Å². The molecule has 1 amide bonds. The summed E-state index contributed by atoms with van der Waals surface area (Å²) < 4.78 is 5.04. The third kappa shape index (κ3) is 4.98. The Morgan fingerprint density at radius 1 is 1.09 bits per heavy atom. The largest absolute Gasteiger partial charge is 0.463 e. The zero-order valence-corrected chi connectivity index (χ0v) is 14.5. The van der Waals surface area contributed by atoms with Gasteiger partial charge in [-0.05, 0) is 56.4 Å². The summed E-state index contributed by atoms with van der Waals surface area (Å²) in [6.07, 6.45) is 2.98. The molecule has 1 aromatic rings. The van der Waals surface area contributed by atoms with E-state index in [1.165, 1.54) is 0 Å². The Balaban J connectivity index is 2.09. The lowest BCUT2D eigenvalue weighted by atomic mass is 9.91. The van der Waals surface area contributed by atoms with Crippen LogP contribution in [0.15, 0.2) is 29.3 Å². The third-order valence-electron chi connectivity index (χ3n) is 3.64. The second kappa shape index (κ2) is 8.37. The van der Waals surface area contributed by atoms with Gasteiger partial charge in [0.2, 0.25) is 5.91 Å². The van der Waals surface area contributed by atoms with E-state index in [0.29, 0.717) is 47.2 Å². The first-order chi connectivity index (χ1) is 11.0. The summed E-state index contributed by atoms with van der Waals surface area (Å²) in [5.74, 6) is -0.619. The molecule has 124 valence electrons. The quantitative estimate of drug-likeness (QED) is 0.810. The highest BCUT2D eigenvalue weighted by Crippen LogP contribution is 2.26. The van der Waals surface area contributed by atoms with Crippen molar-refractivity contribution in [1.82, 2.24) is 5.32 Å². The smallest absolute Gasteiger partial charge is 0.334 e. The van der Waals surface area contributed by atoms with E-state index >= 15 is 0 Å². The molecular weight excluding hydrogens is 337 g/mol. The minimum Gasteiger partial charge on any atom is -0.463 e. The molecule has 0 saturated carbocycles. The lowest BCUT2D eigenvalue weighted by molar-refractivity contribution is -0.139. The van der Waals surface area contributed by atoms with Crippen molar-refractivity contribution < 1.29 is 14.3 Å². The Morgan fingerprint density at radius 3 is 2.30 bits per heavy atom. The van der Waals surface area contributed by atoms with Gasteiger partial charge in [-0.25, -0.2) is 4.79 Å². The van der Waals surface area contributed by atoms with Gasteiger partial charge in [-0.2, -0.15) is 0 Å². The van der Waals surface area contributed by atoms with Crippen LogP contribution in [0.3, 0.4) is 0 Å². The number of esters is 1. The molecule has 1 aromatic carbocycles. The summed E-state index contributed by atoms with van der Waals surface area (Å²) in [4.78, 5) is 24.4. The number of carbonyl (C=O) groups excluding carboxylic acids is 2. The molecule has 0 heterocycles. The number of nitrogens with one attached hydrogen (secondary N) is 1. The SMILES string of the molecule is CCOC(=O)C1=C(C(=O)NCc2cc(Cl)cc(Cl)c2)CCCC1. The highest BCUT2D eigenvalue weighted by atomic mass is 35.5. The van der Waals surface area contributed by atoms with Crippen LogP contribution >= 0.6 is 23.2 Å². The molecule has 2 rings (SSSR count). The van der Waals surface area contributed by atoms with Crippen molar-refractivity contribution in [2.75, 3.05) is 6.61 Å². The lowest BCUT2D eigenvalue weighted by Gasteiger charge is -2.18. The van der Waals surface area contributed by atoms with Gasteiger partial charge in [-0.3, -0.25) is 4.79 Å². The topological polar surface area (TPSA) is 55.4 Å². The minimum atomic E-state index is -0.386. The predicted molar refractivity (Wildman–Crippen MR) is 90.4 cm³/mol. The number of halogens is 2. The monoisotopic (exact) mass is 355 g/mol. The molecule has 1 N–H and O–H groups in total. The summed E-state index contributed by atoms with van der Waals surface area (Å²) in [5.41, 5.74) is 1.84. The van der Waals surface area contributed by atoms with Crippen molar-refractivity contribution in [3.05, 3.63) is 45.0 Å². The molecule has 0 fully saturated rings. The number of amides is 1. The van der Waals surface area contributed by atoms with E-state index in [1.54, 1.807) is 25.1 Å². The normalized spacial score (nSPS) is 14.6. The first kappa shape index (κ1) is 17.8. The van der Waals surface area contributed by atoms with Crippen LogP contribution in [0.4, 0.5) is 0 Å². The minimum absolute atomic E-state index is 0.233. The lowest BCUT2D eigenvalue weighted by Crippen LogP contribution is -2.28. The maximum atomic E-state index is 12.4. The van der Waals surface area contributed by atoms with Gasteiger partial charge in [-0.1, -0.05) is 23.2 Å². The molecule has 23 heavy (non-hydrogen) atoms. The zero-order valence-electron chi connectivity index (χ0n) is 13.0. The van der Waals surface area contributed by atoms with E-state index in [2.05, 4.69) is 5.32 Å². The van der Waals surface area contributed by atoms with E-state index in [-0.39, 0.29) is 11.9 Å². The van der Waals surface area contributed by atoms with Crippen LogP contribution < -0.4 is 5.32 Å². The molecule has 1 aliphatic carbocycles. The van der Waals surface area contributed by atoms with Gasteiger partial charge in [0.1, 0.15) is 0 Å². The van der Waals surface area contributed by atoms with E-state index in [0.717, 1.165) is 18.4 Å². The molecule has 6 heteroatoms. The van der Waals surface area contributed by atoms with Gasteiger partial charge in [0.05, 0.1) is 6.61 Å². The molecule has 0 aromatic heterocycles. The van der Waals surface area contributed by atoms with Gasteiger partial charge in [-0.15, -0.1) is 0 Å². The van der Waals surface area contributed by atoms with Crippen molar-refractivity contribution in [1.29, 1.82) is 0 Å². The number of hydrogen-bond acceptors (Lipinski definition) is 3. The predicted octanol–water partition coefficient (Wildman–Crippen LogP) is 4.04. The number of benzene rings is 1. The second-order valence-electron chi connectivity index (χ2n) is 5.35. The molecule has 0 aliphatic heterocycles. The molecule has 0 unspecified atom stereocenters. The third-order valence-corrected chi connectivity index (χ3v) is 4.08. The van der Waals surface area contributed by atoms with E-state index < -0.39 is 0 Å². The summed E-state index contributed by atoms with van der Waals surface area (Å²) >= 11 is 11.9. The fourth-order valence-electron chi connectivity index (χ4n) is 2.60. The van der Waals surface area contributed by atoms with Crippen molar-refractivity contribution in [3.8, 4) is 0 Å². The Labute approximate surface area is 145 Å². The number of carbonyl (C=O) groups is 2. The maximum Gasteiger partial charge on any atom is 0.334 e. The Hall–Kier alpha value is -1.52. The van der Waals surface area contributed by atoms with E-state index in [9.17, 15) is 9.59 Å². The van der Waals surface area contributed by atoms with Crippen LogP contribution in [0, 0.1) is 0 Å². The molecule has 1 aliphatic rings. The molecule has 0 spiro atoms. The van der Waals surface area contributed by atoms with Crippen LogP contribution in [-0.4, -0.2) is 18.5 Å². The highest BCUT2D eigenvalue weighted by molar-refractivity contribution is 6.34. The van der Waals surface area contributed by atoms with E-state index in [4.69, 9.17) is 27.9 Å². The molecule has 4 nitrogen and oxygen atoms in total. The number of rotatable bonds is 5. The highest BCUT2D eigenvalue weighted by Gasteiger charge is 2.24. The standard InChI is InChI=1S/C17H19Cl2NO3/c1-2-23-17(22)15-6-4-3-5-14(15)16(21)20-10-11-7-12(18)9-13(19)8-11/h7-9H,2-6,10H2,1H3,(H,20,21). The van der Waals surface area contributed by atoms with Crippen LogP contribution in [0.2, 0.25) is 10.0 Å². The zero-order chi connectivity index (χ0) is 16.8. The second-order valence-corrected chi connectivity index (χ2v) is 6.22. The van der Waals surface area contributed by atoms with E-state index in [1.807, 2.05) is 0 Å². The fourth-order valence-corrected chi connectivity index (χ4v) is 3.17. The number of hydrogen-bond donors (Lipinski definition) is 1. The average Bonchev–Trinajstić information content (AvgIpc) is 2.52. The summed E-state index contributed by atoms with van der Waals surface area (Å²) in [6, 6.07) is 5.13. The average molecular weight is 356 g/mol. The van der Waals surface area contributed by atoms with Crippen molar-refractivity contribution in [2.45, 2.75) is 39.2 Å². The van der Waals surface area contributed by atoms with Gasteiger partial charge in [0, 0.05) is 27.7 Å². The van der Waals surface area contributed by atoms with Gasteiger partial charge in [0.25, 0.3) is 0 Å². The molecule has 0 atom stereocenters. The van der Waals surface area contributed by atoms with Crippen LogP contribution in [-0.2, 0) is 20.9 Å². The van der Waals surface area contributed by atoms with Crippen molar-refractivity contribution in [2.24, 2.45) is 0 Å². The van der Waals surface area contributed by atoms with Crippen molar-refractivity contribution in [3.63, 3.8) is 0 Å². The summed E-state index contributed by atoms with van der Waals surface area (Å²) in [6.45, 7) is 2.36. The fraction of sp³-hybridized carbons (Fsp3) is 0.412. The molecule has 0 saturated heterocycles. The number of ether oxygens (including phenoxy) is 1. The summed E-state index contributed by atoms with van der Waals surface area (Å²) in [5, 5.41) is 3.87. The van der Waals surface area contributed by atoms with Gasteiger partial charge < -0.3 is 10.1 Å². The Bertz CT molecular complexity index is 620. The van der Waals surface area contributed by atoms with Crippen molar-refractivity contribution >= 4 is 35.1 Å². The van der Waals surface area contributed by atoms with Crippen LogP contribution in [0.25, 0.3) is 0 Å². The molecule has 0 radical (unpaired) electrons. The first-order valence-electron chi connectivity index (χ1n) is 7.63. The maximum absolute atomic E-state index is 12.4. The molecular formula is C17H19Cl2NO3.